The fraction of sp³-hybridized carbons (Fsp3) is 0.300. The monoisotopic (exact) mass is 398 g/mol. The number of benzene rings is 2. The van der Waals surface area contributed by atoms with Gasteiger partial charge in [0.25, 0.3) is 0 Å². The van der Waals surface area contributed by atoms with E-state index in [0.29, 0.717) is 18.7 Å². The Balaban J connectivity index is 1.59. The number of carbonyl (C=O) groups excluding carboxylic acids is 1. The number of H-pyrrole nitrogens is 1. The number of rotatable bonds is 4. The van der Waals surface area contributed by atoms with Crippen molar-refractivity contribution in [3.8, 4) is 0 Å². The van der Waals surface area contributed by atoms with E-state index in [0.717, 1.165) is 29.4 Å². The molecule has 2 N–H and O–H groups in total. The van der Waals surface area contributed by atoms with Gasteiger partial charge in [-0.1, -0.05) is 24.6 Å². The van der Waals surface area contributed by atoms with E-state index < -0.39 is 16.1 Å². The van der Waals surface area contributed by atoms with E-state index in [4.69, 9.17) is 0 Å². The maximum absolute atomic E-state index is 13.1. The number of aromatic amines is 1. The van der Waals surface area contributed by atoms with E-state index in [9.17, 15) is 13.2 Å². The Morgan fingerprint density at radius 1 is 1.18 bits per heavy atom. The number of hydrogen-bond acceptors (Lipinski definition) is 4. The van der Waals surface area contributed by atoms with Crippen molar-refractivity contribution >= 4 is 32.5 Å². The van der Waals surface area contributed by atoms with E-state index in [1.807, 2.05) is 19.1 Å². The molecule has 1 aliphatic rings. The number of aromatic nitrogens is 2. The van der Waals surface area contributed by atoms with E-state index in [-0.39, 0.29) is 10.8 Å². The van der Waals surface area contributed by atoms with Crippen molar-refractivity contribution < 1.29 is 13.2 Å². The molecule has 3 aromatic rings. The van der Waals surface area contributed by atoms with Gasteiger partial charge in [-0.05, 0) is 50.1 Å². The largest absolute Gasteiger partial charge is 0.325 e. The smallest absolute Gasteiger partial charge is 0.243 e. The average molecular weight is 398 g/mol. The molecule has 0 spiro atoms. The zero-order valence-corrected chi connectivity index (χ0v) is 16.4. The van der Waals surface area contributed by atoms with Crippen LogP contribution < -0.4 is 5.32 Å². The van der Waals surface area contributed by atoms with E-state index >= 15 is 0 Å². The minimum absolute atomic E-state index is 0.211. The fourth-order valence-corrected chi connectivity index (χ4v) is 5.31. The second-order valence-corrected chi connectivity index (χ2v) is 8.90. The van der Waals surface area contributed by atoms with Crippen LogP contribution in [0.4, 0.5) is 5.69 Å². The molecule has 2 aromatic carbocycles. The number of piperidine rings is 1. The van der Waals surface area contributed by atoms with Crippen LogP contribution in [0, 0.1) is 6.92 Å². The molecule has 1 amide bonds. The minimum Gasteiger partial charge on any atom is -0.325 e. The van der Waals surface area contributed by atoms with E-state index in [1.54, 1.807) is 36.4 Å². The van der Waals surface area contributed by atoms with Gasteiger partial charge in [-0.15, -0.1) is 0 Å². The van der Waals surface area contributed by atoms with Crippen LogP contribution >= 0.6 is 0 Å². The van der Waals surface area contributed by atoms with Gasteiger partial charge in [-0.2, -0.15) is 9.40 Å². The highest BCUT2D eigenvalue weighted by Gasteiger charge is 2.37. The van der Waals surface area contributed by atoms with Crippen molar-refractivity contribution in [2.24, 2.45) is 0 Å². The predicted octanol–water partition coefficient (Wildman–Crippen LogP) is 3.05. The molecule has 1 atom stereocenters. The van der Waals surface area contributed by atoms with Crippen molar-refractivity contribution in [3.05, 3.63) is 54.2 Å². The molecule has 2 heterocycles. The van der Waals surface area contributed by atoms with Crippen molar-refractivity contribution in [2.45, 2.75) is 37.1 Å². The van der Waals surface area contributed by atoms with Crippen LogP contribution in [0.25, 0.3) is 10.9 Å². The van der Waals surface area contributed by atoms with Crippen LogP contribution in [-0.4, -0.2) is 41.4 Å². The molecule has 4 rings (SSSR count). The Morgan fingerprint density at radius 2 is 1.96 bits per heavy atom. The van der Waals surface area contributed by atoms with Gasteiger partial charge in [0.15, 0.2) is 0 Å². The van der Waals surface area contributed by atoms with Crippen LogP contribution in [0.1, 0.15) is 25.0 Å². The molecule has 8 heteroatoms. The first-order valence-electron chi connectivity index (χ1n) is 9.29. The molecular weight excluding hydrogens is 376 g/mol. The lowest BCUT2D eigenvalue weighted by molar-refractivity contribution is -0.120. The van der Waals surface area contributed by atoms with Gasteiger partial charge in [-0.3, -0.25) is 9.89 Å². The summed E-state index contributed by atoms with van der Waals surface area (Å²) in [7, 11) is -3.72. The first kappa shape index (κ1) is 18.6. The lowest BCUT2D eigenvalue weighted by atomic mass is 10.0. The molecule has 28 heavy (non-hydrogen) atoms. The van der Waals surface area contributed by atoms with Crippen molar-refractivity contribution in [1.29, 1.82) is 0 Å². The number of nitrogens with one attached hydrogen (secondary N) is 2. The predicted molar refractivity (Wildman–Crippen MR) is 107 cm³/mol. The topological polar surface area (TPSA) is 95.2 Å². The molecular formula is C20H22N4O3S. The van der Waals surface area contributed by atoms with Crippen LogP contribution in [-0.2, 0) is 14.8 Å². The molecule has 1 unspecified atom stereocenters. The molecule has 0 saturated carbocycles. The van der Waals surface area contributed by atoms with Crippen LogP contribution in [0.3, 0.4) is 0 Å². The lowest BCUT2D eigenvalue weighted by Gasteiger charge is -2.33. The van der Waals surface area contributed by atoms with Gasteiger partial charge in [-0.25, -0.2) is 8.42 Å². The molecule has 0 aliphatic carbocycles. The Labute approximate surface area is 163 Å². The minimum atomic E-state index is -3.72. The summed E-state index contributed by atoms with van der Waals surface area (Å²) in [6, 6.07) is 13.0. The standard InChI is InChI=1S/C20H22N4O3S/c1-14-17-11-10-15(13-18(17)23-22-14)21-20(25)19-9-5-6-12-24(19)28(26,27)16-7-3-2-4-8-16/h2-4,7-8,10-11,13,19H,5-6,9,12H2,1H3,(H,21,25)(H,22,23). The Kier molecular flexibility index (Phi) is 4.91. The zero-order valence-electron chi connectivity index (χ0n) is 15.6. The maximum atomic E-state index is 13.1. The van der Waals surface area contributed by atoms with Gasteiger partial charge >= 0.3 is 0 Å². The van der Waals surface area contributed by atoms with E-state index in [2.05, 4.69) is 15.5 Å². The van der Waals surface area contributed by atoms with Crippen LogP contribution in [0.5, 0.6) is 0 Å². The van der Waals surface area contributed by atoms with Crippen LogP contribution in [0.2, 0.25) is 0 Å². The average Bonchev–Trinajstić information content (AvgIpc) is 3.09. The zero-order chi connectivity index (χ0) is 19.7. The quantitative estimate of drug-likeness (QED) is 0.706. The Hall–Kier alpha value is -2.71. The number of anilines is 1. The lowest BCUT2D eigenvalue weighted by Crippen LogP contribution is -2.49. The molecule has 1 aromatic heterocycles. The second-order valence-electron chi connectivity index (χ2n) is 7.01. The normalized spacial score (nSPS) is 18.2. The summed E-state index contributed by atoms with van der Waals surface area (Å²) in [6.45, 7) is 2.27. The summed E-state index contributed by atoms with van der Waals surface area (Å²) >= 11 is 0. The second kappa shape index (κ2) is 7.37. The summed E-state index contributed by atoms with van der Waals surface area (Å²) in [5, 5.41) is 11.0. The first-order valence-corrected chi connectivity index (χ1v) is 10.7. The highest BCUT2D eigenvalue weighted by atomic mass is 32.2. The SMILES string of the molecule is Cc1[nH]nc2cc(NC(=O)C3CCCCN3S(=O)(=O)c3ccccc3)ccc12. The van der Waals surface area contributed by atoms with Gasteiger partial charge in [0.2, 0.25) is 15.9 Å². The number of amides is 1. The van der Waals surface area contributed by atoms with Gasteiger partial charge in [0.1, 0.15) is 6.04 Å². The third-order valence-electron chi connectivity index (χ3n) is 5.12. The summed E-state index contributed by atoms with van der Waals surface area (Å²) < 4.78 is 27.5. The maximum Gasteiger partial charge on any atom is 0.243 e. The summed E-state index contributed by atoms with van der Waals surface area (Å²) in [5.74, 6) is -0.314. The summed E-state index contributed by atoms with van der Waals surface area (Å²) in [4.78, 5) is 13.2. The Morgan fingerprint density at radius 3 is 2.75 bits per heavy atom. The molecule has 0 radical (unpaired) electrons. The number of hydrogen-bond donors (Lipinski definition) is 2. The van der Waals surface area contributed by atoms with Gasteiger partial charge in [0, 0.05) is 23.3 Å². The van der Waals surface area contributed by atoms with Crippen molar-refractivity contribution in [3.63, 3.8) is 0 Å². The summed E-state index contributed by atoms with van der Waals surface area (Å²) in [5.41, 5.74) is 2.32. The van der Waals surface area contributed by atoms with Gasteiger partial charge in [0.05, 0.1) is 10.4 Å². The third kappa shape index (κ3) is 3.41. The first-order chi connectivity index (χ1) is 13.5. The number of aryl methyl sites for hydroxylation is 1. The third-order valence-corrected chi connectivity index (χ3v) is 7.04. The molecule has 1 saturated heterocycles. The summed E-state index contributed by atoms with van der Waals surface area (Å²) in [6.07, 6.45) is 2.06. The van der Waals surface area contributed by atoms with Gasteiger partial charge < -0.3 is 5.32 Å². The number of nitrogens with zero attached hydrogens (tertiary/aromatic N) is 2. The molecule has 0 bridgehead atoms. The molecule has 7 nitrogen and oxygen atoms in total. The molecule has 1 aliphatic heterocycles. The Bertz CT molecular complexity index is 1110. The van der Waals surface area contributed by atoms with Crippen molar-refractivity contribution in [1.82, 2.24) is 14.5 Å². The highest BCUT2D eigenvalue weighted by Crippen LogP contribution is 2.27. The molecule has 146 valence electrons. The van der Waals surface area contributed by atoms with Crippen molar-refractivity contribution in [2.75, 3.05) is 11.9 Å². The van der Waals surface area contributed by atoms with Crippen LogP contribution in [0.15, 0.2) is 53.4 Å². The van der Waals surface area contributed by atoms with E-state index in [1.165, 1.54) is 4.31 Å². The number of carbonyl (C=O) groups is 1. The number of sulfonamides is 1. The number of fused-ring (bicyclic) bond motifs is 1. The molecule has 1 fully saturated rings. The highest BCUT2D eigenvalue weighted by molar-refractivity contribution is 7.89. The fourth-order valence-electron chi connectivity index (χ4n) is 3.63.